The molecule has 0 unspecified atom stereocenters. The molecule has 0 aromatic rings. The lowest BCUT2D eigenvalue weighted by Gasteiger charge is -2.01. The molecule has 0 aliphatic heterocycles. The maximum Gasteiger partial charge on any atom is 0.306 e. The minimum atomic E-state index is -3.99. The number of rotatable bonds is 8. The van der Waals surface area contributed by atoms with E-state index in [1.54, 1.807) is 0 Å². The second kappa shape index (κ2) is 8.28. The molecule has 92 valence electrons. The quantitative estimate of drug-likeness (QED) is 0.214. The first kappa shape index (κ1) is 15.1. The van der Waals surface area contributed by atoms with Crippen molar-refractivity contribution in [3.05, 3.63) is 0 Å². The predicted molar refractivity (Wildman–Crippen MR) is 57.4 cm³/mol. The van der Waals surface area contributed by atoms with E-state index in [4.69, 9.17) is 4.55 Å². The molecule has 9 heteroatoms. The zero-order valence-electron chi connectivity index (χ0n) is 8.29. The van der Waals surface area contributed by atoms with Crippen LogP contribution in [-0.4, -0.2) is 49.0 Å². The van der Waals surface area contributed by atoms with E-state index in [9.17, 15) is 18.0 Å². The van der Waals surface area contributed by atoms with E-state index in [-0.39, 0.29) is 25.3 Å². The molecule has 0 spiro atoms. The molecular formula is C7H11NO6S2. The minimum absolute atomic E-state index is 0.00294. The maximum absolute atomic E-state index is 10.9. The molecule has 0 aromatic heterocycles. The first-order valence-electron chi connectivity index (χ1n) is 4.18. The van der Waals surface area contributed by atoms with E-state index >= 15 is 0 Å². The van der Waals surface area contributed by atoms with Gasteiger partial charge in [-0.05, 0) is 0 Å². The van der Waals surface area contributed by atoms with Crippen LogP contribution in [0.5, 0.6) is 0 Å². The summed E-state index contributed by atoms with van der Waals surface area (Å²) in [6.45, 7) is 0.0600. The molecule has 0 heterocycles. The van der Waals surface area contributed by atoms with Gasteiger partial charge in [-0.25, -0.2) is 9.79 Å². The Bertz CT molecular complexity index is 359. The highest BCUT2D eigenvalue weighted by Crippen LogP contribution is 2.06. The summed E-state index contributed by atoms with van der Waals surface area (Å²) in [5.41, 5.74) is 0. The van der Waals surface area contributed by atoms with Gasteiger partial charge in [0.05, 0.1) is 13.0 Å². The lowest BCUT2D eigenvalue weighted by Crippen LogP contribution is -2.09. The zero-order chi connectivity index (χ0) is 12.4. The molecule has 0 fully saturated rings. The van der Waals surface area contributed by atoms with Crippen molar-refractivity contribution in [1.29, 1.82) is 0 Å². The number of carbonyl (C=O) groups is 1. The average Bonchev–Trinajstić information content (AvgIpc) is 2.18. The smallest absolute Gasteiger partial charge is 0.306 e. The van der Waals surface area contributed by atoms with Crippen molar-refractivity contribution in [2.45, 2.75) is 6.42 Å². The topological polar surface area (TPSA) is 110 Å². The molecule has 16 heavy (non-hydrogen) atoms. The summed E-state index contributed by atoms with van der Waals surface area (Å²) in [4.78, 5) is 23.8. The van der Waals surface area contributed by atoms with Gasteiger partial charge in [-0.1, -0.05) is 0 Å². The Morgan fingerprint density at radius 2 is 2.19 bits per heavy atom. The molecule has 0 radical (unpaired) electrons. The van der Waals surface area contributed by atoms with Crippen LogP contribution in [0.25, 0.3) is 0 Å². The van der Waals surface area contributed by atoms with E-state index in [1.165, 1.54) is 6.08 Å². The Hall–Kier alpha value is -0.890. The van der Waals surface area contributed by atoms with Gasteiger partial charge in [-0.3, -0.25) is 9.35 Å². The molecule has 0 amide bonds. The first-order valence-corrected chi connectivity index (χ1v) is 6.94. The Labute approximate surface area is 97.0 Å². The van der Waals surface area contributed by atoms with E-state index < -0.39 is 21.2 Å². The van der Waals surface area contributed by atoms with Gasteiger partial charge in [0.15, 0.2) is 0 Å². The molecule has 0 bridgehead atoms. The van der Waals surface area contributed by atoms with Crippen molar-refractivity contribution in [3.63, 3.8) is 0 Å². The van der Waals surface area contributed by atoms with Crippen LogP contribution < -0.4 is 0 Å². The number of thioether (sulfide) groups is 1. The lowest BCUT2D eigenvalue weighted by atomic mass is 10.5. The fraction of sp³-hybridized carbons (Fsp3) is 0.714. The van der Waals surface area contributed by atoms with Crippen LogP contribution >= 0.6 is 11.8 Å². The van der Waals surface area contributed by atoms with Gasteiger partial charge in [-0.2, -0.15) is 8.42 Å². The molecule has 0 aliphatic rings. The summed E-state index contributed by atoms with van der Waals surface area (Å²) in [6.07, 6.45) is 1.33. The molecule has 0 saturated carbocycles. The Morgan fingerprint density at radius 1 is 1.50 bits per heavy atom. The minimum Gasteiger partial charge on any atom is -0.464 e. The normalized spacial score (nSPS) is 10.6. The van der Waals surface area contributed by atoms with Gasteiger partial charge < -0.3 is 4.74 Å². The van der Waals surface area contributed by atoms with Crippen LogP contribution in [0, 0.1) is 0 Å². The molecular weight excluding hydrogens is 258 g/mol. The Morgan fingerprint density at radius 3 is 2.75 bits per heavy atom. The SMILES string of the molecule is O=C=NCCOC(=O)CCSCS(=O)(=O)O. The highest BCUT2D eigenvalue weighted by atomic mass is 32.3. The standard InChI is InChI=1S/C7H11NO6S2/c9-5-8-2-3-14-7(10)1-4-15-6-16(11,12)13/h1-4,6H2,(H,11,12,13). The second-order valence-corrected chi connectivity index (χ2v) is 5.47. The molecule has 0 aromatic carbocycles. The van der Waals surface area contributed by atoms with Crippen LogP contribution in [0.1, 0.15) is 6.42 Å². The third-order valence-electron chi connectivity index (χ3n) is 1.21. The van der Waals surface area contributed by atoms with Crippen molar-refractivity contribution < 1.29 is 27.3 Å². The maximum atomic E-state index is 10.9. The highest BCUT2D eigenvalue weighted by molar-refractivity contribution is 8.10. The first-order chi connectivity index (χ1) is 7.45. The van der Waals surface area contributed by atoms with Crippen molar-refractivity contribution in [2.75, 3.05) is 24.0 Å². The molecule has 0 saturated heterocycles. The fourth-order valence-corrected chi connectivity index (χ4v) is 2.27. The Balaban J connectivity index is 3.48. The third-order valence-corrected chi connectivity index (χ3v) is 3.56. The number of hydrogen-bond donors (Lipinski definition) is 1. The second-order valence-electron chi connectivity index (χ2n) is 2.55. The summed E-state index contributed by atoms with van der Waals surface area (Å²) >= 11 is 0.908. The monoisotopic (exact) mass is 269 g/mol. The van der Waals surface area contributed by atoms with E-state index in [1.807, 2.05) is 0 Å². The average molecular weight is 269 g/mol. The number of nitrogens with zero attached hydrogens (tertiary/aromatic N) is 1. The number of ether oxygens (including phenoxy) is 1. The molecule has 7 nitrogen and oxygen atoms in total. The molecule has 0 atom stereocenters. The highest BCUT2D eigenvalue weighted by Gasteiger charge is 2.06. The summed E-state index contributed by atoms with van der Waals surface area (Å²) < 4.78 is 33.6. The van der Waals surface area contributed by atoms with E-state index in [0.717, 1.165) is 11.8 Å². The molecule has 0 rings (SSSR count). The lowest BCUT2D eigenvalue weighted by molar-refractivity contribution is -0.142. The summed E-state index contributed by atoms with van der Waals surface area (Å²) in [5.74, 6) is -0.279. The number of aliphatic imine (C=N–C) groups is 1. The summed E-state index contributed by atoms with van der Waals surface area (Å²) in [5, 5.41) is -0.449. The van der Waals surface area contributed by atoms with Gasteiger partial charge in [0.25, 0.3) is 10.1 Å². The van der Waals surface area contributed by atoms with Crippen molar-refractivity contribution >= 4 is 33.9 Å². The van der Waals surface area contributed by atoms with E-state index in [0.29, 0.717) is 0 Å². The van der Waals surface area contributed by atoms with E-state index in [2.05, 4.69) is 9.73 Å². The molecule has 1 N–H and O–H groups in total. The van der Waals surface area contributed by atoms with Gasteiger partial charge in [0.1, 0.15) is 11.7 Å². The van der Waals surface area contributed by atoms with Gasteiger partial charge in [-0.15, -0.1) is 11.8 Å². The predicted octanol–water partition coefficient (Wildman–Crippen LogP) is -0.166. The summed E-state index contributed by atoms with van der Waals surface area (Å²) in [6, 6.07) is 0. The van der Waals surface area contributed by atoms with Crippen LogP contribution in [0.2, 0.25) is 0 Å². The Kier molecular flexibility index (Phi) is 7.82. The van der Waals surface area contributed by atoms with Gasteiger partial charge in [0.2, 0.25) is 6.08 Å². The van der Waals surface area contributed by atoms with Crippen LogP contribution in [-0.2, 0) is 24.4 Å². The van der Waals surface area contributed by atoms with Gasteiger partial charge in [0, 0.05) is 5.75 Å². The zero-order valence-corrected chi connectivity index (χ0v) is 9.92. The largest absolute Gasteiger partial charge is 0.464 e. The van der Waals surface area contributed by atoms with Crippen LogP contribution in [0.4, 0.5) is 0 Å². The molecule has 0 aliphatic carbocycles. The third kappa shape index (κ3) is 11.2. The fourth-order valence-electron chi connectivity index (χ4n) is 0.643. The number of carbonyl (C=O) groups excluding carboxylic acids is 2. The number of esters is 1. The van der Waals surface area contributed by atoms with Crippen molar-refractivity contribution in [3.8, 4) is 0 Å². The number of isocyanates is 1. The van der Waals surface area contributed by atoms with Gasteiger partial charge >= 0.3 is 5.97 Å². The van der Waals surface area contributed by atoms with Crippen LogP contribution in [0.15, 0.2) is 4.99 Å². The van der Waals surface area contributed by atoms with Crippen molar-refractivity contribution in [1.82, 2.24) is 0 Å². The van der Waals surface area contributed by atoms with Crippen LogP contribution in [0.3, 0.4) is 0 Å². The number of hydrogen-bond acceptors (Lipinski definition) is 7. The van der Waals surface area contributed by atoms with Crippen molar-refractivity contribution in [2.24, 2.45) is 4.99 Å². The summed E-state index contributed by atoms with van der Waals surface area (Å²) in [7, 11) is -3.99.